The van der Waals surface area contributed by atoms with Crippen LogP contribution in [0.25, 0.3) is 22.6 Å². The van der Waals surface area contributed by atoms with Gasteiger partial charge in [0.25, 0.3) is 5.91 Å². The molecular weight excluding hydrogens is 464 g/mol. The van der Waals surface area contributed by atoms with Crippen molar-refractivity contribution in [3.05, 3.63) is 85.0 Å². The predicted molar refractivity (Wildman–Crippen MR) is 143 cm³/mol. The van der Waals surface area contributed by atoms with E-state index >= 15 is 0 Å². The van der Waals surface area contributed by atoms with Gasteiger partial charge < -0.3 is 14.6 Å². The van der Waals surface area contributed by atoms with E-state index in [9.17, 15) is 4.79 Å². The van der Waals surface area contributed by atoms with Gasteiger partial charge in [-0.25, -0.2) is 4.98 Å². The molecule has 0 atom stereocenters. The first-order valence-corrected chi connectivity index (χ1v) is 12.7. The smallest absolute Gasteiger partial charge is 0.260 e. The van der Waals surface area contributed by atoms with E-state index in [0.29, 0.717) is 47.7 Å². The number of benzene rings is 1. The summed E-state index contributed by atoms with van der Waals surface area (Å²) in [6.45, 7) is 6.97. The second-order valence-electron chi connectivity index (χ2n) is 9.12. The maximum atomic E-state index is 13.5. The molecule has 1 fully saturated rings. The number of nitrogens with one attached hydrogen (secondary N) is 1. The van der Waals surface area contributed by atoms with Crippen LogP contribution in [-0.4, -0.2) is 37.2 Å². The zero-order chi connectivity index (χ0) is 25.6. The van der Waals surface area contributed by atoms with Gasteiger partial charge in [0.1, 0.15) is 23.6 Å². The first kappa shape index (κ1) is 24.4. The molecule has 3 aromatic heterocycles. The van der Waals surface area contributed by atoms with E-state index in [0.717, 1.165) is 29.7 Å². The lowest BCUT2D eigenvalue weighted by molar-refractivity contribution is 0.102. The molecule has 0 radical (unpaired) electrons. The Hall–Kier alpha value is -4.33. The molecule has 0 spiro atoms. The summed E-state index contributed by atoms with van der Waals surface area (Å²) in [5, 5.41) is 11.1. The molecule has 1 N–H and O–H groups in total. The largest absolute Gasteiger partial charge is 0.493 e. The van der Waals surface area contributed by atoms with Gasteiger partial charge in [0.05, 0.1) is 12.2 Å². The van der Waals surface area contributed by atoms with Gasteiger partial charge >= 0.3 is 0 Å². The molecule has 1 aliphatic rings. The van der Waals surface area contributed by atoms with Crippen LogP contribution in [-0.2, 0) is 6.54 Å². The molecule has 8 heteroatoms. The summed E-state index contributed by atoms with van der Waals surface area (Å²) in [6.07, 6.45) is 9.61. The molecule has 188 valence electrons. The van der Waals surface area contributed by atoms with Gasteiger partial charge in [-0.05, 0) is 55.2 Å². The van der Waals surface area contributed by atoms with Crippen LogP contribution in [0.4, 0.5) is 5.82 Å². The average molecular weight is 495 g/mol. The number of hydrogen-bond acceptors (Lipinski definition) is 6. The Balaban J connectivity index is 1.41. The van der Waals surface area contributed by atoms with Crippen LogP contribution in [0.2, 0.25) is 0 Å². The van der Waals surface area contributed by atoms with Crippen molar-refractivity contribution in [3.63, 3.8) is 0 Å². The Kier molecular flexibility index (Phi) is 7.35. The lowest BCUT2D eigenvalue weighted by Gasteiger charge is -2.14. The Labute approximate surface area is 216 Å². The van der Waals surface area contributed by atoms with Crippen LogP contribution < -0.4 is 10.1 Å². The van der Waals surface area contributed by atoms with Crippen LogP contribution in [0.15, 0.2) is 73.7 Å². The SMILES string of the molecule is C=CCn1cnnc1-c1cccc(NC(=O)c2cc(-c3ccc(C4CC4)nc3)ccc2OCCCC)n1. The number of aromatic nitrogens is 5. The molecule has 1 amide bonds. The number of pyridine rings is 2. The topological polar surface area (TPSA) is 94.8 Å². The van der Waals surface area contributed by atoms with Gasteiger partial charge in [-0.3, -0.25) is 9.78 Å². The Morgan fingerprint density at radius 1 is 1.19 bits per heavy atom. The summed E-state index contributed by atoms with van der Waals surface area (Å²) in [4.78, 5) is 22.7. The van der Waals surface area contributed by atoms with Crippen molar-refractivity contribution >= 4 is 11.7 Å². The maximum absolute atomic E-state index is 13.5. The second kappa shape index (κ2) is 11.2. The monoisotopic (exact) mass is 494 g/mol. The van der Waals surface area contributed by atoms with Crippen molar-refractivity contribution in [1.82, 2.24) is 24.7 Å². The molecular formula is C29H30N6O2. The molecule has 0 aliphatic heterocycles. The first-order valence-electron chi connectivity index (χ1n) is 12.7. The minimum Gasteiger partial charge on any atom is -0.493 e. The number of unbranched alkanes of at least 4 members (excludes halogenated alkanes) is 1. The van der Waals surface area contributed by atoms with Crippen molar-refractivity contribution in [1.29, 1.82) is 0 Å². The van der Waals surface area contributed by atoms with E-state index in [-0.39, 0.29) is 5.91 Å². The Morgan fingerprint density at radius 3 is 2.81 bits per heavy atom. The number of hydrogen-bond donors (Lipinski definition) is 1. The summed E-state index contributed by atoms with van der Waals surface area (Å²) >= 11 is 0. The van der Waals surface area contributed by atoms with Gasteiger partial charge in [0, 0.05) is 29.9 Å². The van der Waals surface area contributed by atoms with E-state index in [1.54, 1.807) is 18.5 Å². The van der Waals surface area contributed by atoms with Gasteiger partial charge in [-0.15, -0.1) is 16.8 Å². The molecule has 0 saturated heterocycles. The van der Waals surface area contributed by atoms with Crippen LogP contribution in [0.5, 0.6) is 5.75 Å². The van der Waals surface area contributed by atoms with Crippen LogP contribution in [0.1, 0.15) is 54.6 Å². The summed E-state index contributed by atoms with van der Waals surface area (Å²) in [6, 6.07) is 15.2. The van der Waals surface area contributed by atoms with Crippen molar-refractivity contribution in [3.8, 4) is 28.4 Å². The van der Waals surface area contributed by atoms with Crippen LogP contribution in [0.3, 0.4) is 0 Å². The third-order valence-corrected chi connectivity index (χ3v) is 6.26. The number of ether oxygens (including phenoxy) is 1. The highest BCUT2D eigenvalue weighted by molar-refractivity contribution is 6.06. The van der Waals surface area contributed by atoms with Crippen LogP contribution in [0, 0.1) is 0 Å². The number of rotatable bonds is 11. The number of nitrogens with zero attached hydrogens (tertiary/aromatic N) is 5. The lowest BCUT2D eigenvalue weighted by atomic mass is 10.0. The minimum absolute atomic E-state index is 0.298. The molecule has 5 rings (SSSR count). The highest BCUT2D eigenvalue weighted by Crippen LogP contribution is 2.39. The summed E-state index contributed by atoms with van der Waals surface area (Å²) < 4.78 is 7.82. The number of allylic oxidation sites excluding steroid dienone is 1. The minimum atomic E-state index is -0.298. The first-order chi connectivity index (χ1) is 18.2. The molecule has 0 unspecified atom stereocenters. The van der Waals surface area contributed by atoms with Crippen molar-refractivity contribution in [2.45, 2.75) is 45.1 Å². The summed E-state index contributed by atoms with van der Waals surface area (Å²) in [5.41, 5.74) is 4.05. The third-order valence-electron chi connectivity index (χ3n) is 6.26. The van der Waals surface area contributed by atoms with E-state index in [2.05, 4.69) is 51.1 Å². The molecule has 1 aromatic carbocycles. The van der Waals surface area contributed by atoms with E-state index < -0.39 is 0 Å². The third kappa shape index (κ3) is 5.74. The van der Waals surface area contributed by atoms with E-state index in [1.807, 2.05) is 41.1 Å². The molecule has 1 aliphatic carbocycles. The van der Waals surface area contributed by atoms with Gasteiger partial charge in [-0.2, -0.15) is 0 Å². The van der Waals surface area contributed by atoms with E-state index in [1.165, 1.54) is 12.8 Å². The Morgan fingerprint density at radius 2 is 2.05 bits per heavy atom. The van der Waals surface area contributed by atoms with Crippen molar-refractivity contribution in [2.75, 3.05) is 11.9 Å². The number of anilines is 1. The van der Waals surface area contributed by atoms with Gasteiger partial charge in [0.15, 0.2) is 5.82 Å². The average Bonchev–Trinajstić information content (AvgIpc) is 3.67. The molecule has 1 saturated carbocycles. The fraction of sp³-hybridized carbons (Fsp3) is 0.276. The molecule has 8 nitrogen and oxygen atoms in total. The fourth-order valence-electron chi connectivity index (χ4n) is 4.07. The van der Waals surface area contributed by atoms with E-state index in [4.69, 9.17) is 4.74 Å². The van der Waals surface area contributed by atoms with Crippen LogP contribution >= 0.6 is 0 Å². The molecule has 0 bridgehead atoms. The highest BCUT2D eigenvalue weighted by atomic mass is 16.5. The van der Waals surface area contributed by atoms with Gasteiger partial charge in [-0.1, -0.05) is 37.6 Å². The quantitative estimate of drug-likeness (QED) is 0.206. The standard InChI is InChI=1S/C29H30N6O2/c1-3-5-16-37-26-14-12-21(22-11-13-24(30-18-22)20-9-10-20)17-23(26)29(36)33-27-8-6-7-25(32-27)28-34-31-19-35(28)15-4-2/h4,6-8,11-14,17-20H,2-3,5,9-10,15-16H2,1H3,(H,32,33,36). The zero-order valence-electron chi connectivity index (χ0n) is 20.9. The lowest BCUT2D eigenvalue weighted by Crippen LogP contribution is -2.15. The second-order valence-corrected chi connectivity index (χ2v) is 9.12. The highest BCUT2D eigenvalue weighted by Gasteiger charge is 2.24. The number of amides is 1. The number of carbonyl (C=O) groups is 1. The van der Waals surface area contributed by atoms with Gasteiger partial charge in [0.2, 0.25) is 0 Å². The Bertz CT molecular complexity index is 1390. The molecule has 37 heavy (non-hydrogen) atoms. The number of carbonyl (C=O) groups excluding carboxylic acids is 1. The fourth-order valence-corrected chi connectivity index (χ4v) is 4.07. The van der Waals surface area contributed by atoms with Crippen molar-refractivity contribution in [2.24, 2.45) is 0 Å². The normalized spacial score (nSPS) is 12.8. The van der Waals surface area contributed by atoms with Crippen molar-refractivity contribution < 1.29 is 9.53 Å². The maximum Gasteiger partial charge on any atom is 0.260 e. The summed E-state index contributed by atoms with van der Waals surface area (Å²) in [5.74, 6) is 1.85. The predicted octanol–water partition coefficient (Wildman–Crippen LogP) is 5.90. The summed E-state index contributed by atoms with van der Waals surface area (Å²) in [7, 11) is 0. The zero-order valence-corrected chi connectivity index (χ0v) is 20.9. The molecule has 4 aromatic rings. The molecule has 3 heterocycles.